The van der Waals surface area contributed by atoms with Gasteiger partial charge in [-0.2, -0.15) is 0 Å². The molecule has 0 spiro atoms. The highest BCUT2D eigenvalue weighted by Crippen LogP contribution is 2.43. The number of Topliss-reactive ketones (excluding diaryl/α,β-unsaturated/α-hetero) is 1. The number of benzene rings is 1. The molecule has 0 bridgehead atoms. The van der Waals surface area contributed by atoms with E-state index in [1.165, 1.54) is 11.3 Å². The lowest BCUT2D eigenvalue weighted by atomic mass is 10.0. The van der Waals surface area contributed by atoms with Crippen molar-refractivity contribution in [2.24, 2.45) is 5.73 Å². The number of unbranched alkanes of at least 4 members (excludes halogenated alkanes) is 1. The maximum atomic E-state index is 14.2. The number of halogens is 2. The number of ketones is 1. The molecule has 1 aromatic heterocycles. The fraction of sp³-hybridized carbons (Fsp3) is 0.250. The SMILES string of the molecule is NC(=O)N1C(=O)/C(=C(/OCC(=O)CCCCS[N+](=O)[O-])c2cccs2)c2cc(F)c(Cl)cc21. The van der Waals surface area contributed by atoms with Crippen molar-refractivity contribution in [1.82, 2.24) is 0 Å². The molecule has 0 saturated carbocycles. The lowest BCUT2D eigenvalue weighted by Crippen LogP contribution is -2.38. The summed E-state index contributed by atoms with van der Waals surface area (Å²) in [7, 11) is 0. The summed E-state index contributed by atoms with van der Waals surface area (Å²) in [5.41, 5.74) is 5.33. The van der Waals surface area contributed by atoms with Crippen LogP contribution in [0.2, 0.25) is 5.02 Å². The fourth-order valence-corrected chi connectivity index (χ4v) is 4.53. The minimum atomic E-state index is -1.08. The fourth-order valence-electron chi connectivity index (χ4n) is 3.16. The summed E-state index contributed by atoms with van der Waals surface area (Å²) in [5.74, 6) is -1.61. The number of nitrogens with zero attached hydrogens (tertiary/aromatic N) is 2. The van der Waals surface area contributed by atoms with E-state index in [2.05, 4.69) is 0 Å². The molecule has 13 heteroatoms. The molecular weight excluding hydrogens is 497 g/mol. The summed E-state index contributed by atoms with van der Waals surface area (Å²) in [6.45, 7) is -0.381. The molecule has 2 aromatic rings. The Labute approximate surface area is 200 Å². The Hall–Kier alpha value is -2.96. The quantitative estimate of drug-likeness (QED) is 0.123. The number of urea groups is 1. The first-order chi connectivity index (χ1) is 15.7. The van der Waals surface area contributed by atoms with Gasteiger partial charge in [-0.05, 0) is 36.4 Å². The van der Waals surface area contributed by atoms with E-state index in [1.54, 1.807) is 17.5 Å². The molecule has 2 heterocycles. The van der Waals surface area contributed by atoms with Crippen LogP contribution in [0.15, 0.2) is 29.6 Å². The van der Waals surface area contributed by atoms with Gasteiger partial charge >= 0.3 is 6.03 Å². The number of nitrogens with two attached hydrogens (primary N) is 1. The smallest absolute Gasteiger partial charge is 0.326 e. The van der Waals surface area contributed by atoms with Crippen molar-refractivity contribution in [2.75, 3.05) is 17.3 Å². The third-order valence-corrected chi connectivity index (χ3v) is 6.42. The number of ether oxygens (including phenoxy) is 1. The molecule has 0 radical (unpaired) electrons. The number of anilines is 1. The predicted octanol–water partition coefficient (Wildman–Crippen LogP) is 4.52. The van der Waals surface area contributed by atoms with E-state index < -0.39 is 22.1 Å². The highest BCUT2D eigenvalue weighted by molar-refractivity contribution is 7.93. The zero-order valence-corrected chi connectivity index (χ0v) is 19.3. The van der Waals surface area contributed by atoms with Crippen LogP contribution in [0, 0.1) is 15.9 Å². The Balaban J connectivity index is 1.88. The van der Waals surface area contributed by atoms with Crippen LogP contribution in [-0.2, 0) is 14.3 Å². The Kier molecular flexibility index (Phi) is 8.06. The molecule has 1 aromatic carbocycles. The third kappa shape index (κ3) is 5.70. The number of carbonyl (C=O) groups excluding carboxylic acids is 3. The molecule has 1 aliphatic heterocycles. The van der Waals surface area contributed by atoms with E-state index in [1.807, 2.05) is 0 Å². The van der Waals surface area contributed by atoms with Crippen LogP contribution in [0.5, 0.6) is 0 Å². The van der Waals surface area contributed by atoms with Gasteiger partial charge in [0.25, 0.3) is 5.91 Å². The standard InChI is InChI=1S/C20H17ClFN3O6S2/c21-13-9-15-12(8-14(13)22)17(19(27)24(15)20(23)28)18(16-5-3-6-32-16)31-10-11(26)4-1-2-7-33-25(29)30/h3,5-6,8-9H,1-2,4,7,10H2,(H2,23,28)/b18-17+. The first kappa shape index (κ1) is 24.7. The van der Waals surface area contributed by atoms with Crippen LogP contribution in [0.3, 0.4) is 0 Å². The molecule has 1 aliphatic rings. The van der Waals surface area contributed by atoms with Crippen molar-refractivity contribution < 1.29 is 27.8 Å². The summed E-state index contributed by atoms with van der Waals surface area (Å²) in [6.07, 6.45) is 1.05. The second kappa shape index (κ2) is 10.8. The number of thiophene rings is 1. The molecule has 0 aliphatic carbocycles. The van der Waals surface area contributed by atoms with Crippen LogP contribution < -0.4 is 10.6 Å². The highest BCUT2D eigenvalue weighted by Gasteiger charge is 2.40. The highest BCUT2D eigenvalue weighted by atomic mass is 35.5. The number of imide groups is 1. The second-order valence-corrected chi connectivity index (χ2v) is 9.10. The zero-order chi connectivity index (χ0) is 24.1. The van der Waals surface area contributed by atoms with Crippen LogP contribution in [-0.4, -0.2) is 34.4 Å². The molecule has 0 fully saturated rings. The number of carbonyl (C=O) groups is 3. The maximum absolute atomic E-state index is 14.2. The van der Waals surface area contributed by atoms with Crippen LogP contribution >= 0.6 is 34.9 Å². The topological polar surface area (TPSA) is 133 Å². The number of nitro groups is 1. The monoisotopic (exact) mass is 513 g/mol. The minimum Gasteiger partial charge on any atom is -0.483 e. The van der Waals surface area contributed by atoms with Crippen molar-refractivity contribution in [2.45, 2.75) is 19.3 Å². The van der Waals surface area contributed by atoms with Gasteiger partial charge in [-0.3, -0.25) is 19.7 Å². The largest absolute Gasteiger partial charge is 0.483 e. The molecule has 2 N–H and O–H groups in total. The molecule has 3 amide bonds. The van der Waals surface area contributed by atoms with Crippen molar-refractivity contribution in [3.63, 3.8) is 0 Å². The summed E-state index contributed by atoms with van der Waals surface area (Å²) < 4.78 is 19.5. The minimum absolute atomic E-state index is 0.0129. The number of amides is 3. The lowest BCUT2D eigenvalue weighted by molar-refractivity contribution is -0.284. The van der Waals surface area contributed by atoms with Gasteiger partial charge in [0.1, 0.15) is 16.8 Å². The van der Waals surface area contributed by atoms with E-state index >= 15 is 0 Å². The maximum Gasteiger partial charge on any atom is 0.326 e. The second-order valence-electron chi connectivity index (χ2n) is 6.78. The van der Waals surface area contributed by atoms with Crippen molar-refractivity contribution >= 4 is 69.6 Å². The molecule has 33 heavy (non-hydrogen) atoms. The number of hydrogen-bond donors (Lipinski definition) is 1. The normalized spacial score (nSPS) is 14.2. The van der Waals surface area contributed by atoms with Crippen molar-refractivity contribution in [1.29, 1.82) is 0 Å². The number of primary amides is 1. The van der Waals surface area contributed by atoms with Gasteiger partial charge in [-0.15, -0.1) is 11.3 Å². The summed E-state index contributed by atoms with van der Waals surface area (Å²) >= 11 is 7.63. The van der Waals surface area contributed by atoms with E-state index in [4.69, 9.17) is 22.1 Å². The molecule has 174 valence electrons. The average molecular weight is 514 g/mol. The third-order valence-electron chi connectivity index (χ3n) is 4.58. The summed E-state index contributed by atoms with van der Waals surface area (Å²) in [6, 6.07) is 4.42. The lowest BCUT2D eigenvalue weighted by Gasteiger charge is -2.13. The zero-order valence-electron chi connectivity index (χ0n) is 16.9. The van der Waals surface area contributed by atoms with E-state index in [0.29, 0.717) is 34.6 Å². The predicted molar refractivity (Wildman–Crippen MR) is 124 cm³/mol. The van der Waals surface area contributed by atoms with Crippen molar-refractivity contribution in [3.05, 3.63) is 61.0 Å². The number of hydrogen-bond acceptors (Lipinski definition) is 8. The molecule has 0 saturated heterocycles. The van der Waals surface area contributed by atoms with E-state index in [0.717, 1.165) is 12.1 Å². The molecular formula is C20H17ClFN3O6S2. The van der Waals surface area contributed by atoms with Gasteiger partial charge in [-0.1, -0.05) is 17.7 Å². The average Bonchev–Trinajstić information content (AvgIpc) is 3.36. The van der Waals surface area contributed by atoms with Crippen molar-refractivity contribution in [3.8, 4) is 0 Å². The van der Waals surface area contributed by atoms with Gasteiger partial charge in [0, 0.05) is 12.0 Å². The van der Waals surface area contributed by atoms with E-state index in [-0.39, 0.29) is 52.2 Å². The van der Waals surface area contributed by atoms with Gasteiger partial charge < -0.3 is 10.5 Å². The summed E-state index contributed by atoms with van der Waals surface area (Å²) in [4.78, 5) is 48.8. The Bertz CT molecular complexity index is 1140. The van der Waals surface area contributed by atoms with Crippen LogP contribution in [0.1, 0.15) is 29.7 Å². The van der Waals surface area contributed by atoms with Crippen LogP contribution in [0.4, 0.5) is 14.9 Å². The first-order valence-electron chi connectivity index (χ1n) is 9.54. The molecule has 3 rings (SSSR count). The van der Waals surface area contributed by atoms with Crippen LogP contribution in [0.25, 0.3) is 11.3 Å². The molecule has 0 unspecified atom stereocenters. The van der Waals surface area contributed by atoms with E-state index in [9.17, 15) is 28.9 Å². The molecule has 0 atom stereocenters. The first-order valence-corrected chi connectivity index (χ1v) is 11.7. The molecule has 9 nitrogen and oxygen atoms in total. The van der Waals surface area contributed by atoms with Gasteiger partial charge in [0.15, 0.2) is 11.5 Å². The van der Waals surface area contributed by atoms with Gasteiger partial charge in [0.2, 0.25) is 11.9 Å². The van der Waals surface area contributed by atoms with Gasteiger partial charge in [0.05, 0.1) is 26.9 Å². The van der Waals surface area contributed by atoms with Gasteiger partial charge in [-0.25, -0.2) is 14.1 Å². The Morgan fingerprint density at radius 2 is 2.09 bits per heavy atom. The Morgan fingerprint density at radius 1 is 1.33 bits per heavy atom. The Morgan fingerprint density at radius 3 is 2.73 bits per heavy atom. The summed E-state index contributed by atoms with van der Waals surface area (Å²) in [5, 5.41) is 11.7. The number of rotatable bonds is 10. The number of fused-ring (bicyclic) bond motifs is 1.